The Hall–Kier alpha value is -1.99. The number of nitrogens with one attached hydrogen (secondary N) is 1. The van der Waals surface area contributed by atoms with E-state index in [1.165, 1.54) is 30.5 Å². The molecular formula is C11H10FN3O2S. The smallest absolute Gasteiger partial charge is 0.241 e. The summed E-state index contributed by atoms with van der Waals surface area (Å²) in [6.07, 6.45) is 2.55. The van der Waals surface area contributed by atoms with Crippen molar-refractivity contribution in [3.63, 3.8) is 0 Å². The first-order valence-electron chi connectivity index (χ1n) is 4.96. The Labute approximate surface area is 104 Å². The molecule has 0 aliphatic rings. The van der Waals surface area contributed by atoms with Crippen molar-refractivity contribution in [3.8, 4) is 0 Å². The van der Waals surface area contributed by atoms with Crippen LogP contribution in [0.15, 0.2) is 47.6 Å². The van der Waals surface area contributed by atoms with E-state index in [0.717, 1.165) is 6.20 Å². The zero-order valence-corrected chi connectivity index (χ0v) is 9.99. The second-order valence-electron chi connectivity index (χ2n) is 3.55. The SMILES string of the molecule is NS(=O)(=O)c1cnccc1Nc1cccc(F)c1. The van der Waals surface area contributed by atoms with E-state index < -0.39 is 15.8 Å². The first kappa shape index (κ1) is 12.5. The predicted octanol–water partition coefficient (Wildman–Crippen LogP) is 1.61. The molecule has 0 saturated heterocycles. The van der Waals surface area contributed by atoms with Crippen molar-refractivity contribution in [2.24, 2.45) is 5.14 Å². The maximum atomic E-state index is 13.0. The monoisotopic (exact) mass is 267 g/mol. The second-order valence-corrected chi connectivity index (χ2v) is 5.08. The van der Waals surface area contributed by atoms with E-state index in [2.05, 4.69) is 10.3 Å². The van der Waals surface area contributed by atoms with Gasteiger partial charge in [0.05, 0.1) is 5.69 Å². The molecule has 5 nitrogen and oxygen atoms in total. The van der Waals surface area contributed by atoms with Crippen LogP contribution in [-0.4, -0.2) is 13.4 Å². The number of pyridine rings is 1. The van der Waals surface area contributed by atoms with Gasteiger partial charge in [-0.2, -0.15) is 0 Å². The van der Waals surface area contributed by atoms with Crippen LogP contribution in [0.5, 0.6) is 0 Å². The summed E-state index contributed by atoms with van der Waals surface area (Å²) in [4.78, 5) is 3.55. The Kier molecular flexibility index (Phi) is 3.26. The number of rotatable bonds is 3. The minimum atomic E-state index is -3.88. The first-order chi connectivity index (χ1) is 8.47. The van der Waals surface area contributed by atoms with Crippen molar-refractivity contribution in [1.82, 2.24) is 4.98 Å². The average molecular weight is 267 g/mol. The highest BCUT2D eigenvalue weighted by Crippen LogP contribution is 2.23. The fourth-order valence-corrected chi connectivity index (χ4v) is 2.07. The zero-order valence-electron chi connectivity index (χ0n) is 9.17. The quantitative estimate of drug-likeness (QED) is 0.884. The van der Waals surface area contributed by atoms with Crippen LogP contribution in [-0.2, 0) is 10.0 Å². The molecule has 0 amide bonds. The predicted molar refractivity (Wildman–Crippen MR) is 65.3 cm³/mol. The van der Waals surface area contributed by atoms with Gasteiger partial charge in [-0.15, -0.1) is 0 Å². The van der Waals surface area contributed by atoms with Crippen LogP contribution in [0.25, 0.3) is 0 Å². The number of benzene rings is 1. The summed E-state index contributed by atoms with van der Waals surface area (Å²) < 4.78 is 35.7. The lowest BCUT2D eigenvalue weighted by molar-refractivity contribution is 0.598. The molecule has 0 unspecified atom stereocenters. The molecule has 2 rings (SSSR count). The second kappa shape index (κ2) is 4.71. The Morgan fingerprint density at radius 2 is 2.06 bits per heavy atom. The van der Waals surface area contributed by atoms with Gasteiger partial charge in [-0.25, -0.2) is 17.9 Å². The molecule has 1 aromatic heterocycles. The van der Waals surface area contributed by atoms with Gasteiger partial charge in [0.1, 0.15) is 10.7 Å². The first-order valence-corrected chi connectivity index (χ1v) is 6.51. The van der Waals surface area contributed by atoms with Gasteiger partial charge >= 0.3 is 0 Å². The Balaban J connectivity index is 2.41. The van der Waals surface area contributed by atoms with Crippen LogP contribution in [0.2, 0.25) is 0 Å². The Morgan fingerprint density at radius 3 is 2.72 bits per heavy atom. The van der Waals surface area contributed by atoms with Crippen LogP contribution < -0.4 is 10.5 Å². The summed E-state index contributed by atoms with van der Waals surface area (Å²) in [5.41, 5.74) is 0.671. The van der Waals surface area contributed by atoms with Crippen molar-refractivity contribution in [2.75, 3.05) is 5.32 Å². The molecule has 1 heterocycles. The van der Waals surface area contributed by atoms with Gasteiger partial charge in [-0.1, -0.05) is 6.07 Å². The van der Waals surface area contributed by atoms with E-state index in [9.17, 15) is 12.8 Å². The van der Waals surface area contributed by atoms with Crippen LogP contribution in [0.1, 0.15) is 0 Å². The van der Waals surface area contributed by atoms with E-state index in [1.807, 2.05) is 0 Å². The van der Waals surface area contributed by atoms with Crippen molar-refractivity contribution < 1.29 is 12.8 Å². The van der Waals surface area contributed by atoms with Crippen molar-refractivity contribution >= 4 is 21.4 Å². The molecule has 0 spiro atoms. The lowest BCUT2D eigenvalue weighted by Gasteiger charge is -2.09. The van der Waals surface area contributed by atoms with Crippen LogP contribution in [0.4, 0.5) is 15.8 Å². The molecule has 18 heavy (non-hydrogen) atoms. The maximum Gasteiger partial charge on any atom is 0.241 e. The minimum absolute atomic E-state index is 0.144. The molecule has 94 valence electrons. The third-order valence-corrected chi connectivity index (χ3v) is 3.13. The number of primary sulfonamides is 1. The van der Waals surface area contributed by atoms with Gasteiger partial charge in [0.25, 0.3) is 0 Å². The number of aromatic nitrogens is 1. The summed E-state index contributed by atoms with van der Waals surface area (Å²) in [6.45, 7) is 0. The van der Waals surface area contributed by atoms with Crippen LogP contribution >= 0.6 is 0 Å². The van der Waals surface area contributed by atoms with Gasteiger partial charge in [0.15, 0.2) is 0 Å². The standard InChI is InChI=1S/C11H10FN3O2S/c12-8-2-1-3-9(6-8)15-10-4-5-14-7-11(10)18(13,16)17/h1-7H,(H,14,15)(H2,13,16,17). The molecule has 7 heteroatoms. The highest BCUT2D eigenvalue weighted by molar-refractivity contribution is 7.89. The lowest BCUT2D eigenvalue weighted by Crippen LogP contribution is -2.14. The molecule has 2 aromatic rings. The largest absolute Gasteiger partial charge is 0.354 e. The van der Waals surface area contributed by atoms with Crippen molar-refractivity contribution in [3.05, 3.63) is 48.5 Å². The fourth-order valence-electron chi connectivity index (χ4n) is 1.43. The van der Waals surface area contributed by atoms with E-state index in [0.29, 0.717) is 5.69 Å². The van der Waals surface area contributed by atoms with Crippen molar-refractivity contribution in [2.45, 2.75) is 4.90 Å². The van der Waals surface area contributed by atoms with Crippen LogP contribution in [0, 0.1) is 5.82 Å². The van der Waals surface area contributed by atoms with Gasteiger partial charge < -0.3 is 5.32 Å². The minimum Gasteiger partial charge on any atom is -0.354 e. The number of hydrogen-bond acceptors (Lipinski definition) is 4. The Morgan fingerprint density at radius 1 is 1.28 bits per heavy atom. The molecule has 0 saturated carbocycles. The third-order valence-electron chi connectivity index (χ3n) is 2.19. The summed E-state index contributed by atoms with van der Waals surface area (Å²) in [5, 5.41) is 7.84. The number of hydrogen-bond donors (Lipinski definition) is 2. The number of sulfonamides is 1. The molecule has 0 atom stereocenters. The molecule has 3 N–H and O–H groups in total. The van der Waals surface area contributed by atoms with E-state index in [-0.39, 0.29) is 10.6 Å². The molecule has 1 aromatic carbocycles. The highest BCUT2D eigenvalue weighted by Gasteiger charge is 2.13. The number of nitrogens with two attached hydrogens (primary N) is 1. The number of anilines is 2. The van der Waals surface area contributed by atoms with Gasteiger partial charge in [-0.3, -0.25) is 4.98 Å². The normalized spacial score (nSPS) is 11.2. The molecular weight excluding hydrogens is 257 g/mol. The van der Waals surface area contributed by atoms with Crippen molar-refractivity contribution in [1.29, 1.82) is 0 Å². The lowest BCUT2D eigenvalue weighted by atomic mass is 10.3. The fraction of sp³-hybridized carbons (Fsp3) is 0. The van der Waals surface area contributed by atoms with Gasteiger partial charge in [-0.05, 0) is 24.3 Å². The summed E-state index contributed by atoms with van der Waals surface area (Å²) >= 11 is 0. The van der Waals surface area contributed by atoms with Crippen LogP contribution in [0.3, 0.4) is 0 Å². The molecule has 0 aliphatic carbocycles. The summed E-state index contributed by atoms with van der Waals surface area (Å²) in [7, 11) is -3.88. The maximum absolute atomic E-state index is 13.0. The van der Waals surface area contributed by atoms with E-state index >= 15 is 0 Å². The van der Waals surface area contributed by atoms with E-state index in [4.69, 9.17) is 5.14 Å². The average Bonchev–Trinajstić information content (AvgIpc) is 2.28. The summed E-state index contributed by atoms with van der Waals surface area (Å²) in [5.74, 6) is -0.425. The number of halogens is 1. The zero-order chi connectivity index (χ0) is 13.2. The molecule has 0 aliphatic heterocycles. The number of nitrogens with zero attached hydrogens (tertiary/aromatic N) is 1. The highest BCUT2D eigenvalue weighted by atomic mass is 32.2. The van der Waals surface area contributed by atoms with Gasteiger partial charge in [0, 0.05) is 18.1 Å². The van der Waals surface area contributed by atoms with Gasteiger partial charge in [0.2, 0.25) is 10.0 Å². The molecule has 0 radical (unpaired) electrons. The topological polar surface area (TPSA) is 85.1 Å². The molecule has 0 bridgehead atoms. The van der Waals surface area contributed by atoms with E-state index in [1.54, 1.807) is 6.07 Å². The Bertz CT molecular complexity index is 673. The molecule has 0 fully saturated rings. The third kappa shape index (κ3) is 2.82. The summed E-state index contributed by atoms with van der Waals surface area (Å²) in [6, 6.07) is 7.10.